The largest absolute Gasteiger partial charge is 0.457 e. The van der Waals surface area contributed by atoms with E-state index in [9.17, 15) is 19.2 Å². The van der Waals surface area contributed by atoms with Crippen LogP contribution in [-0.4, -0.2) is 69.1 Å². The number of rotatable bonds is 7. The molecule has 0 aromatic carbocycles. The van der Waals surface area contributed by atoms with E-state index in [4.69, 9.17) is 14.3 Å². The summed E-state index contributed by atoms with van der Waals surface area (Å²) in [6.45, 7) is 11.5. The van der Waals surface area contributed by atoms with E-state index in [1.165, 1.54) is 24.1 Å². The van der Waals surface area contributed by atoms with E-state index in [2.05, 4.69) is 26.5 Å². The second-order valence-electron chi connectivity index (χ2n) is 11.0. The Hall–Kier alpha value is -3.26. The Morgan fingerprint density at radius 2 is 1.94 bits per heavy atom. The van der Waals surface area contributed by atoms with E-state index in [-0.39, 0.29) is 28.5 Å². The summed E-state index contributed by atoms with van der Waals surface area (Å²) in [6.07, 6.45) is 0.0696. The molecule has 13 nitrogen and oxygen atoms in total. The quantitative estimate of drug-likeness (QED) is 0.194. The van der Waals surface area contributed by atoms with Crippen LogP contribution in [0.4, 0.5) is 9.93 Å². The van der Waals surface area contributed by atoms with Gasteiger partial charge < -0.3 is 30.7 Å². The molecule has 196 valence electrons. The highest BCUT2D eigenvalue weighted by Crippen LogP contribution is 2.42. The molecule has 1 saturated carbocycles. The number of carbonyl (C=O) groups is 4. The summed E-state index contributed by atoms with van der Waals surface area (Å²) < 4.78 is 10.5. The van der Waals surface area contributed by atoms with Crippen LogP contribution in [0, 0.1) is 0 Å². The topological polar surface area (TPSA) is 176 Å². The first kappa shape index (κ1) is 25.8. The van der Waals surface area contributed by atoms with Gasteiger partial charge in [-0.3, -0.25) is 9.59 Å². The number of β-lactam (4-membered cyclic amide) rings is 1. The van der Waals surface area contributed by atoms with Crippen LogP contribution in [0.3, 0.4) is 0 Å². The zero-order chi connectivity index (χ0) is 26.8. The van der Waals surface area contributed by atoms with Gasteiger partial charge in [0, 0.05) is 11.8 Å². The van der Waals surface area contributed by atoms with Gasteiger partial charge in [-0.1, -0.05) is 5.16 Å². The molecule has 1 aromatic rings. The molecule has 1 aliphatic carbocycles. The van der Waals surface area contributed by atoms with Crippen molar-refractivity contribution in [2.24, 2.45) is 5.16 Å². The summed E-state index contributed by atoms with van der Waals surface area (Å²) in [5.74, 6) is -1.73. The van der Waals surface area contributed by atoms with Gasteiger partial charge in [-0.2, -0.15) is 0 Å². The number of carbonyl (C=O) groups excluding carboxylic acids is 4. The van der Waals surface area contributed by atoms with Crippen LogP contribution in [0.2, 0.25) is 0 Å². The summed E-state index contributed by atoms with van der Waals surface area (Å²) >= 11 is 1.10. The zero-order valence-corrected chi connectivity index (χ0v) is 22.1. The third-order valence-electron chi connectivity index (χ3n) is 6.02. The van der Waals surface area contributed by atoms with Crippen LogP contribution in [0.25, 0.3) is 0 Å². The normalized spacial score (nSPS) is 26.9. The van der Waals surface area contributed by atoms with Gasteiger partial charge in [0.1, 0.15) is 28.9 Å². The maximum absolute atomic E-state index is 13.3. The van der Waals surface area contributed by atoms with Crippen molar-refractivity contribution in [1.82, 2.24) is 15.6 Å². The highest BCUT2D eigenvalue weighted by atomic mass is 32.1. The molecule has 2 aliphatic heterocycles. The standard InChI is InChI=1S/C22H30N6O7S/c1-19(2,3)33-16(31)20(4,5)35-27-12(14(29)25-13-15(30)26-22(13)8-11(22)23)10-9-36-17(24-10)28-18(32)34-21(28,6)7/h9,11,13H,8,23H2,1-7H3,(H,25,29)(H,26,30)/p+1. The molecular weight excluding hydrogens is 492 g/mol. The van der Waals surface area contributed by atoms with Gasteiger partial charge in [0.05, 0.1) is 0 Å². The predicted molar refractivity (Wildman–Crippen MR) is 127 cm³/mol. The molecular formula is C22H31N6O7S+. The summed E-state index contributed by atoms with van der Waals surface area (Å²) in [5, 5.41) is 11.3. The van der Waals surface area contributed by atoms with Crippen LogP contribution in [0.1, 0.15) is 60.6 Å². The molecule has 2 saturated heterocycles. The second kappa shape index (κ2) is 8.13. The van der Waals surface area contributed by atoms with Gasteiger partial charge in [0.2, 0.25) is 11.5 Å². The molecule has 0 radical (unpaired) electrons. The van der Waals surface area contributed by atoms with Crippen molar-refractivity contribution in [3.05, 3.63) is 11.1 Å². The van der Waals surface area contributed by atoms with Crippen molar-refractivity contribution in [2.45, 2.75) is 89.4 Å². The summed E-state index contributed by atoms with van der Waals surface area (Å²) in [6, 6.07) is -0.798. The maximum atomic E-state index is 13.3. The number of thiazole rings is 1. The fourth-order valence-electron chi connectivity index (χ4n) is 3.85. The number of aromatic nitrogens is 1. The lowest BCUT2D eigenvalue weighted by Gasteiger charge is -2.44. The first-order valence-electron chi connectivity index (χ1n) is 11.4. The average Bonchev–Trinajstić information content (AvgIpc) is 3.18. The third kappa shape index (κ3) is 4.50. The Labute approximate surface area is 211 Å². The molecule has 3 amide bonds. The molecule has 3 heterocycles. The Bertz CT molecular complexity index is 1170. The lowest BCUT2D eigenvalue weighted by atomic mass is 9.95. The van der Waals surface area contributed by atoms with Gasteiger partial charge in [-0.05, 0) is 48.5 Å². The SMILES string of the molecule is CC(C)(C)OC(=O)C(C)(C)ON=C(C(=O)NC1C(=O)NC12CC2[NH3+])c1csc(N2C(=O)OC2(C)C)n1. The van der Waals surface area contributed by atoms with E-state index in [0.717, 1.165) is 11.3 Å². The van der Waals surface area contributed by atoms with Crippen LogP contribution in [0.5, 0.6) is 0 Å². The highest BCUT2D eigenvalue weighted by molar-refractivity contribution is 7.14. The summed E-state index contributed by atoms with van der Waals surface area (Å²) in [7, 11) is 0. The van der Waals surface area contributed by atoms with E-state index in [1.54, 1.807) is 34.6 Å². The van der Waals surface area contributed by atoms with Crippen LogP contribution >= 0.6 is 11.3 Å². The number of ether oxygens (including phenoxy) is 2. The maximum Gasteiger partial charge on any atom is 0.421 e. The lowest BCUT2D eigenvalue weighted by molar-refractivity contribution is -0.393. The number of hydrogen-bond acceptors (Lipinski definition) is 10. The van der Waals surface area contributed by atoms with Crippen LogP contribution in [0.15, 0.2) is 10.5 Å². The van der Waals surface area contributed by atoms with Gasteiger partial charge >= 0.3 is 12.1 Å². The van der Waals surface area contributed by atoms with E-state index >= 15 is 0 Å². The van der Waals surface area contributed by atoms with Crippen molar-refractivity contribution in [3.8, 4) is 0 Å². The van der Waals surface area contributed by atoms with Gasteiger partial charge in [-0.15, -0.1) is 11.3 Å². The van der Waals surface area contributed by atoms with Crippen molar-refractivity contribution in [1.29, 1.82) is 0 Å². The lowest BCUT2D eigenvalue weighted by Crippen LogP contribution is -2.77. The molecule has 1 aromatic heterocycles. The monoisotopic (exact) mass is 523 g/mol. The van der Waals surface area contributed by atoms with Gasteiger partial charge in [-0.25, -0.2) is 19.5 Å². The minimum Gasteiger partial charge on any atom is -0.457 e. The molecule has 3 aliphatic rings. The van der Waals surface area contributed by atoms with E-state index < -0.39 is 46.5 Å². The van der Waals surface area contributed by atoms with Gasteiger partial charge in [0.15, 0.2) is 16.6 Å². The number of anilines is 1. The number of nitrogens with one attached hydrogen (secondary N) is 2. The predicted octanol–water partition coefficient (Wildman–Crippen LogP) is 0.0444. The summed E-state index contributed by atoms with van der Waals surface area (Å²) in [4.78, 5) is 61.3. The van der Waals surface area contributed by atoms with Crippen LogP contribution < -0.4 is 21.3 Å². The Morgan fingerprint density at radius 3 is 2.44 bits per heavy atom. The molecule has 3 fully saturated rings. The van der Waals surface area contributed by atoms with Crippen LogP contribution in [-0.2, 0) is 28.7 Å². The van der Waals surface area contributed by atoms with Crippen molar-refractivity contribution < 1.29 is 39.2 Å². The highest BCUT2D eigenvalue weighted by Gasteiger charge is 2.71. The Balaban J connectivity index is 1.60. The Morgan fingerprint density at radius 1 is 1.31 bits per heavy atom. The minimum atomic E-state index is -1.54. The van der Waals surface area contributed by atoms with E-state index in [0.29, 0.717) is 6.42 Å². The second-order valence-corrected chi connectivity index (χ2v) is 11.9. The molecule has 3 atom stereocenters. The molecule has 1 spiro atoms. The number of esters is 1. The number of nitrogens with zero attached hydrogens (tertiary/aromatic N) is 3. The van der Waals surface area contributed by atoms with Crippen molar-refractivity contribution in [2.75, 3.05) is 4.90 Å². The van der Waals surface area contributed by atoms with E-state index in [1.807, 2.05) is 0 Å². The first-order chi connectivity index (χ1) is 16.5. The molecule has 14 heteroatoms. The number of hydrogen-bond donors (Lipinski definition) is 3. The number of quaternary nitrogens is 1. The molecule has 0 bridgehead atoms. The molecule has 36 heavy (non-hydrogen) atoms. The Kier molecular flexibility index (Phi) is 5.83. The zero-order valence-electron chi connectivity index (χ0n) is 21.3. The number of cyclic esters (lactones) is 1. The fourth-order valence-corrected chi connectivity index (χ4v) is 4.78. The van der Waals surface area contributed by atoms with Gasteiger partial charge in [0.25, 0.3) is 5.91 Å². The van der Waals surface area contributed by atoms with Crippen molar-refractivity contribution >= 4 is 46.1 Å². The number of amides is 3. The minimum absolute atomic E-state index is 0.0197. The van der Waals surface area contributed by atoms with Crippen molar-refractivity contribution in [3.63, 3.8) is 0 Å². The molecule has 3 unspecified atom stereocenters. The first-order valence-corrected chi connectivity index (χ1v) is 12.3. The molecule has 4 rings (SSSR count). The number of oxime groups is 1. The average molecular weight is 524 g/mol. The smallest absolute Gasteiger partial charge is 0.421 e. The molecule has 5 N–H and O–H groups in total. The third-order valence-corrected chi connectivity index (χ3v) is 6.84. The summed E-state index contributed by atoms with van der Waals surface area (Å²) in [5.41, 5.74) is 0.0393. The fraction of sp³-hybridized carbons (Fsp3) is 0.636.